The second-order valence-electron chi connectivity index (χ2n) is 6.42. The lowest BCUT2D eigenvalue weighted by atomic mass is 10.2. The van der Waals surface area contributed by atoms with E-state index in [-0.39, 0.29) is 5.91 Å². The van der Waals surface area contributed by atoms with Crippen LogP contribution in [0.5, 0.6) is 0 Å². The van der Waals surface area contributed by atoms with Gasteiger partial charge >= 0.3 is 0 Å². The number of pyridine rings is 1. The molecule has 1 N–H and O–H groups in total. The SMILES string of the molecule is O=C(CCCCc1nc2ccccc2s1)NCc1nc(-c2ccncc2)cs1. The van der Waals surface area contributed by atoms with Crippen molar-refractivity contribution in [3.05, 3.63) is 64.2 Å². The Morgan fingerprint density at radius 2 is 1.86 bits per heavy atom. The molecule has 7 heteroatoms. The van der Waals surface area contributed by atoms with E-state index in [1.807, 2.05) is 35.7 Å². The van der Waals surface area contributed by atoms with Gasteiger partial charge in [0.2, 0.25) is 5.91 Å². The lowest BCUT2D eigenvalue weighted by Gasteiger charge is -2.03. The Morgan fingerprint density at radius 3 is 2.71 bits per heavy atom. The quantitative estimate of drug-likeness (QED) is 0.424. The number of benzene rings is 1. The van der Waals surface area contributed by atoms with Crippen LogP contribution in [0.1, 0.15) is 29.3 Å². The minimum Gasteiger partial charge on any atom is -0.350 e. The van der Waals surface area contributed by atoms with Gasteiger partial charge in [0.25, 0.3) is 0 Å². The zero-order chi connectivity index (χ0) is 19.2. The summed E-state index contributed by atoms with van der Waals surface area (Å²) in [7, 11) is 0. The van der Waals surface area contributed by atoms with E-state index in [1.165, 1.54) is 4.70 Å². The molecule has 3 aromatic heterocycles. The summed E-state index contributed by atoms with van der Waals surface area (Å²) in [6.45, 7) is 0.479. The molecule has 0 aliphatic rings. The monoisotopic (exact) mass is 408 g/mol. The van der Waals surface area contributed by atoms with Crippen molar-refractivity contribution >= 4 is 38.8 Å². The number of aryl methyl sites for hydroxylation is 1. The van der Waals surface area contributed by atoms with Crippen molar-refractivity contribution < 1.29 is 4.79 Å². The first kappa shape index (κ1) is 18.7. The van der Waals surface area contributed by atoms with Crippen LogP contribution in [-0.2, 0) is 17.8 Å². The van der Waals surface area contributed by atoms with E-state index in [1.54, 1.807) is 35.1 Å². The minimum atomic E-state index is 0.0740. The Labute approximate surface area is 171 Å². The molecule has 0 radical (unpaired) electrons. The zero-order valence-electron chi connectivity index (χ0n) is 15.3. The van der Waals surface area contributed by atoms with Gasteiger partial charge in [-0.1, -0.05) is 12.1 Å². The largest absolute Gasteiger partial charge is 0.350 e. The second kappa shape index (κ2) is 9.03. The Morgan fingerprint density at radius 1 is 1.00 bits per heavy atom. The standard InChI is InChI=1S/C21H20N4OS2/c26-19(7-3-4-8-20-24-16-5-1-2-6-18(16)28-20)23-13-21-25-17(14-27-21)15-9-11-22-12-10-15/h1-2,5-6,9-12,14H,3-4,7-8,13H2,(H,23,26). The normalized spacial score (nSPS) is 11.0. The molecule has 0 aliphatic carbocycles. The maximum absolute atomic E-state index is 12.1. The Balaban J connectivity index is 1.18. The number of carbonyl (C=O) groups excluding carboxylic acids is 1. The predicted molar refractivity (Wildman–Crippen MR) is 114 cm³/mol. The lowest BCUT2D eigenvalue weighted by molar-refractivity contribution is -0.121. The second-order valence-corrected chi connectivity index (χ2v) is 8.48. The third kappa shape index (κ3) is 4.79. The van der Waals surface area contributed by atoms with E-state index in [4.69, 9.17) is 0 Å². The molecule has 3 heterocycles. The molecule has 0 spiro atoms. The van der Waals surface area contributed by atoms with Crippen LogP contribution in [0.3, 0.4) is 0 Å². The molecule has 0 bridgehead atoms. The van der Waals surface area contributed by atoms with Crippen molar-refractivity contribution in [3.63, 3.8) is 0 Å². The molecule has 0 saturated heterocycles. The molecule has 1 aromatic carbocycles. The van der Waals surface area contributed by atoms with Crippen molar-refractivity contribution in [2.24, 2.45) is 0 Å². The zero-order valence-corrected chi connectivity index (χ0v) is 16.9. The van der Waals surface area contributed by atoms with Gasteiger partial charge in [-0.3, -0.25) is 9.78 Å². The molecular weight excluding hydrogens is 388 g/mol. The van der Waals surface area contributed by atoms with Gasteiger partial charge in [-0.05, 0) is 43.5 Å². The van der Waals surface area contributed by atoms with Gasteiger partial charge in [-0.15, -0.1) is 22.7 Å². The number of amides is 1. The first-order chi connectivity index (χ1) is 13.8. The fourth-order valence-electron chi connectivity index (χ4n) is 2.90. The average molecular weight is 409 g/mol. The molecule has 28 heavy (non-hydrogen) atoms. The van der Waals surface area contributed by atoms with E-state index in [2.05, 4.69) is 26.3 Å². The van der Waals surface area contributed by atoms with Crippen LogP contribution in [0.15, 0.2) is 54.2 Å². The van der Waals surface area contributed by atoms with Crippen molar-refractivity contribution in [1.29, 1.82) is 0 Å². The number of fused-ring (bicyclic) bond motifs is 1. The minimum absolute atomic E-state index is 0.0740. The molecular formula is C21H20N4OS2. The summed E-state index contributed by atoms with van der Waals surface area (Å²) in [5.41, 5.74) is 3.03. The Hall–Kier alpha value is -2.64. The number of hydrogen-bond donors (Lipinski definition) is 1. The number of thiazole rings is 2. The molecule has 0 atom stereocenters. The number of aromatic nitrogens is 3. The summed E-state index contributed by atoms with van der Waals surface area (Å²) in [5, 5.41) is 7.03. The predicted octanol–water partition coefficient (Wildman–Crippen LogP) is 4.84. The van der Waals surface area contributed by atoms with Gasteiger partial charge in [0, 0.05) is 29.8 Å². The van der Waals surface area contributed by atoms with Crippen molar-refractivity contribution in [2.45, 2.75) is 32.2 Å². The molecule has 4 aromatic rings. The number of hydrogen-bond acceptors (Lipinski definition) is 6. The topological polar surface area (TPSA) is 67.8 Å². The molecule has 1 amide bonds. The number of carbonyl (C=O) groups is 1. The summed E-state index contributed by atoms with van der Waals surface area (Å²) in [5.74, 6) is 0.0740. The highest BCUT2D eigenvalue weighted by Gasteiger charge is 2.07. The first-order valence-electron chi connectivity index (χ1n) is 9.24. The van der Waals surface area contributed by atoms with Gasteiger partial charge in [-0.2, -0.15) is 0 Å². The van der Waals surface area contributed by atoms with E-state index >= 15 is 0 Å². The number of nitrogens with one attached hydrogen (secondary N) is 1. The molecule has 4 rings (SSSR count). The molecule has 0 unspecified atom stereocenters. The van der Waals surface area contributed by atoms with Gasteiger partial charge in [-0.25, -0.2) is 9.97 Å². The Bertz CT molecular complexity index is 1030. The van der Waals surface area contributed by atoms with Crippen LogP contribution in [-0.4, -0.2) is 20.9 Å². The van der Waals surface area contributed by atoms with Crippen LogP contribution in [0.4, 0.5) is 0 Å². The molecule has 0 fully saturated rings. The number of unbranched alkanes of at least 4 members (excludes halogenated alkanes) is 1. The summed E-state index contributed by atoms with van der Waals surface area (Å²) < 4.78 is 1.23. The summed E-state index contributed by atoms with van der Waals surface area (Å²) >= 11 is 3.30. The van der Waals surface area contributed by atoms with Crippen LogP contribution in [0.2, 0.25) is 0 Å². The van der Waals surface area contributed by atoms with E-state index in [0.717, 1.165) is 46.1 Å². The summed E-state index contributed by atoms with van der Waals surface area (Å²) in [6, 6.07) is 12.1. The fourth-order valence-corrected chi connectivity index (χ4v) is 4.65. The highest BCUT2D eigenvalue weighted by molar-refractivity contribution is 7.18. The Kier molecular flexibility index (Phi) is 6.04. The lowest BCUT2D eigenvalue weighted by Crippen LogP contribution is -2.22. The van der Waals surface area contributed by atoms with Gasteiger partial charge in [0.1, 0.15) is 5.01 Å². The molecule has 0 aliphatic heterocycles. The maximum atomic E-state index is 12.1. The summed E-state index contributed by atoms with van der Waals surface area (Å²) in [4.78, 5) is 25.3. The highest BCUT2D eigenvalue weighted by atomic mass is 32.1. The van der Waals surface area contributed by atoms with Gasteiger partial charge in [0.15, 0.2) is 0 Å². The van der Waals surface area contributed by atoms with Gasteiger partial charge in [0.05, 0.1) is 27.5 Å². The first-order valence-corrected chi connectivity index (χ1v) is 10.9. The fraction of sp³-hybridized carbons (Fsp3) is 0.238. The van der Waals surface area contributed by atoms with Gasteiger partial charge < -0.3 is 5.32 Å². The van der Waals surface area contributed by atoms with Crippen molar-refractivity contribution in [3.8, 4) is 11.3 Å². The van der Waals surface area contributed by atoms with E-state index < -0.39 is 0 Å². The highest BCUT2D eigenvalue weighted by Crippen LogP contribution is 2.23. The van der Waals surface area contributed by atoms with Crippen molar-refractivity contribution in [2.75, 3.05) is 0 Å². The van der Waals surface area contributed by atoms with Crippen LogP contribution < -0.4 is 5.32 Å². The smallest absolute Gasteiger partial charge is 0.220 e. The van der Waals surface area contributed by atoms with E-state index in [9.17, 15) is 4.79 Å². The number of para-hydroxylation sites is 1. The summed E-state index contributed by atoms with van der Waals surface area (Å²) in [6.07, 6.45) is 6.80. The molecule has 5 nitrogen and oxygen atoms in total. The average Bonchev–Trinajstić information content (AvgIpc) is 3.37. The maximum Gasteiger partial charge on any atom is 0.220 e. The third-order valence-electron chi connectivity index (χ3n) is 4.35. The van der Waals surface area contributed by atoms with Crippen molar-refractivity contribution in [1.82, 2.24) is 20.3 Å². The third-order valence-corrected chi connectivity index (χ3v) is 6.29. The van der Waals surface area contributed by atoms with Crippen LogP contribution in [0, 0.1) is 0 Å². The number of rotatable bonds is 8. The number of nitrogens with zero attached hydrogens (tertiary/aromatic N) is 3. The van der Waals surface area contributed by atoms with E-state index in [0.29, 0.717) is 13.0 Å². The molecule has 142 valence electrons. The van der Waals surface area contributed by atoms with Crippen LogP contribution >= 0.6 is 22.7 Å². The molecule has 0 saturated carbocycles. The van der Waals surface area contributed by atoms with Crippen LogP contribution in [0.25, 0.3) is 21.5 Å².